The minimum atomic E-state index is 0.833. The Morgan fingerprint density at radius 1 is 0.579 bits per heavy atom. The van der Waals surface area contributed by atoms with Crippen molar-refractivity contribution < 1.29 is 0 Å². The fraction of sp³-hybridized carbons (Fsp3) is 1.00. The summed E-state index contributed by atoms with van der Waals surface area (Å²) in [5.41, 5.74) is 5.45. The van der Waals surface area contributed by atoms with Crippen molar-refractivity contribution in [2.24, 2.45) is 5.73 Å². The van der Waals surface area contributed by atoms with Gasteiger partial charge in [-0.2, -0.15) is 0 Å². The van der Waals surface area contributed by atoms with Crippen molar-refractivity contribution in [2.45, 2.75) is 90.4 Å². The van der Waals surface area contributed by atoms with Gasteiger partial charge in [0.1, 0.15) is 0 Å². The van der Waals surface area contributed by atoms with Gasteiger partial charge in [0, 0.05) is 0 Å². The SMILES string of the molecule is CCCCCCCCCCCCCNCCCCN. The molecule has 0 aromatic heterocycles. The van der Waals surface area contributed by atoms with E-state index in [1.807, 2.05) is 0 Å². The molecule has 0 radical (unpaired) electrons. The monoisotopic (exact) mass is 270 g/mol. The van der Waals surface area contributed by atoms with Crippen LogP contribution in [-0.2, 0) is 0 Å². The standard InChI is InChI=1S/C17H38N2/c1-2-3-4-5-6-7-8-9-10-11-13-16-19-17-14-12-15-18/h19H,2-18H2,1H3. The van der Waals surface area contributed by atoms with Crippen LogP contribution >= 0.6 is 0 Å². The number of nitrogens with one attached hydrogen (secondary N) is 1. The molecule has 0 aliphatic heterocycles. The van der Waals surface area contributed by atoms with Crippen molar-refractivity contribution in [3.8, 4) is 0 Å². The summed E-state index contributed by atoms with van der Waals surface area (Å²) in [4.78, 5) is 0. The van der Waals surface area contributed by atoms with E-state index in [2.05, 4.69) is 12.2 Å². The van der Waals surface area contributed by atoms with Gasteiger partial charge in [-0.3, -0.25) is 0 Å². The fourth-order valence-electron chi connectivity index (χ4n) is 2.43. The first-order valence-corrected chi connectivity index (χ1v) is 8.82. The minimum Gasteiger partial charge on any atom is -0.330 e. The maximum absolute atomic E-state index is 5.45. The molecule has 0 bridgehead atoms. The molecule has 0 aliphatic carbocycles. The third-order valence-corrected chi connectivity index (χ3v) is 3.76. The summed E-state index contributed by atoms with van der Waals surface area (Å²) < 4.78 is 0. The van der Waals surface area contributed by atoms with Gasteiger partial charge in [-0.25, -0.2) is 0 Å². The third kappa shape index (κ3) is 17.9. The first kappa shape index (κ1) is 18.9. The molecular weight excluding hydrogens is 232 g/mol. The summed E-state index contributed by atoms with van der Waals surface area (Å²) in [5.74, 6) is 0. The van der Waals surface area contributed by atoms with Gasteiger partial charge in [-0.1, -0.05) is 71.1 Å². The highest BCUT2D eigenvalue weighted by Crippen LogP contribution is 2.10. The molecule has 0 aromatic carbocycles. The largest absolute Gasteiger partial charge is 0.330 e. The van der Waals surface area contributed by atoms with Crippen LogP contribution in [0.2, 0.25) is 0 Å². The van der Waals surface area contributed by atoms with Gasteiger partial charge in [0.05, 0.1) is 0 Å². The predicted molar refractivity (Wildman–Crippen MR) is 87.6 cm³/mol. The summed E-state index contributed by atoms with van der Waals surface area (Å²) in [6.45, 7) is 5.46. The number of hydrogen-bond donors (Lipinski definition) is 2. The predicted octanol–water partition coefficient (Wildman–Crippen LogP) is 4.63. The molecule has 3 N–H and O–H groups in total. The Labute approximate surface area is 121 Å². The van der Waals surface area contributed by atoms with E-state index in [1.54, 1.807) is 0 Å². The highest BCUT2D eigenvalue weighted by Gasteiger charge is 1.93. The van der Waals surface area contributed by atoms with Crippen LogP contribution in [0.1, 0.15) is 90.4 Å². The summed E-state index contributed by atoms with van der Waals surface area (Å²) >= 11 is 0. The first-order chi connectivity index (χ1) is 9.41. The van der Waals surface area contributed by atoms with Crippen molar-refractivity contribution in [3.05, 3.63) is 0 Å². The Balaban J connectivity index is 2.88. The summed E-state index contributed by atoms with van der Waals surface area (Å²) in [7, 11) is 0. The van der Waals surface area contributed by atoms with Gasteiger partial charge in [-0.15, -0.1) is 0 Å². The molecule has 0 spiro atoms. The lowest BCUT2D eigenvalue weighted by Gasteiger charge is -2.04. The van der Waals surface area contributed by atoms with Gasteiger partial charge in [-0.05, 0) is 38.9 Å². The maximum Gasteiger partial charge on any atom is -0.00484 e. The second-order valence-electron chi connectivity index (χ2n) is 5.78. The average molecular weight is 271 g/mol. The lowest BCUT2D eigenvalue weighted by Crippen LogP contribution is -2.17. The van der Waals surface area contributed by atoms with Crippen molar-refractivity contribution in [2.75, 3.05) is 19.6 Å². The zero-order valence-corrected chi connectivity index (χ0v) is 13.4. The number of unbranched alkanes of at least 4 members (excludes halogenated alkanes) is 11. The van der Waals surface area contributed by atoms with Crippen LogP contribution in [-0.4, -0.2) is 19.6 Å². The molecule has 0 fully saturated rings. The zero-order chi connectivity index (χ0) is 14.0. The average Bonchev–Trinajstić information content (AvgIpc) is 2.43. The minimum absolute atomic E-state index is 0.833. The molecule has 0 heterocycles. The fourth-order valence-corrected chi connectivity index (χ4v) is 2.43. The summed E-state index contributed by atoms with van der Waals surface area (Å²) in [6.07, 6.45) is 18.1. The van der Waals surface area contributed by atoms with Crippen molar-refractivity contribution >= 4 is 0 Å². The Morgan fingerprint density at radius 2 is 1.00 bits per heavy atom. The van der Waals surface area contributed by atoms with Crippen LogP contribution in [0.15, 0.2) is 0 Å². The van der Waals surface area contributed by atoms with E-state index in [1.165, 1.54) is 83.6 Å². The maximum atomic E-state index is 5.45. The molecule has 0 unspecified atom stereocenters. The molecule has 0 amide bonds. The third-order valence-electron chi connectivity index (χ3n) is 3.76. The van der Waals surface area contributed by atoms with Crippen molar-refractivity contribution in [3.63, 3.8) is 0 Å². The zero-order valence-electron chi connectivity index (χ0n) is 13.4. The van der Waals surface area contributed by atoms with Gasteiger partial charge in [0.25, 0.3) is 0 Å². The molecule has 0 aromatic rings. The van der Waals surface area contributed by atoms with Crippen molar-refractivity contribution in [1.82, 2.24) is 5.32 Å². The highest BCUT2D eigenvalue weighted by molar-refractivity contribution is 4.51. The van der Waals surface area contributed by atoms with Gasteiger partial charge in [0.15, 0.2) is 0 Å². The summed E-state index contributed by atoms with van der Waals surface area (Å²) in [5, 5.41) is 3.50. The first-order valence-electron chi connectivity index (χ1n) is 8.82. The van der Waals surface area contributed by atoms with E-state index < -0.39 is 0 Å². The number of nitrogens with two attached hydrogens (primary N) is 1. The Morgan fingerprint density at radius 3 is 1.47 bits per heavy atom. The van der Waals surface area contributed by atoms with E-state index in [0.717, 1.165) is 19.5 Å². The van der Waals surface area contributed by atoms with E-state index in [4.69, 9.17) is 5.73 Å². The molecule has 0 rings (SSSR count). The summed E-state index contributed by atoms with van der Waals surface area (Å²) in [6, 6.07) is 0. The highest BCUT2D eigenvalue weighted by atomic mass is 14.8. The Bertz CT molecular complexity index is 132. The molecule has 0 atom stereocenters. The second kappa shape index (κ2) is 17.9. The molecule has 116 valence electrons. The van der Waals surface area contributed by atoms with Crippen LogP contribution < -0.4 is 11.1 Å². The van der Waals surface area contributed by atoms with Crippen molar-refractivity contribution in [1.29, 1.82) is 0 Å². The van der Waals surface area contributed by atoms with Crippen LogP contribution in [0.25, 0.3) is 0 Å². The van der Waals surface area contributed by atoms with Crippen LogP contribution in [0.5, 0.6) is 0 Å². The smallest absolute Gasteiger partial charge is 0.00484 e. The van der Waals surface area contributed by atoms with Crippen LogP contribution in [0.3, 0.4) is 0 Å². The Kier molecular flexibility index (Phi) is 17.8. The number of hydrogen-bond acceptors (Lipinski definition) is 2. The molecule has 2 heteroatoms. The molecular formula is C17H38N2. The van der Waals surface area contributed by atoms with E-state index >= 15 is 0 Å². The molecule has 0 aliphatic rings. The molecule has 19 heavy (non-hydrogen) atoms. The quantitative estimate of drug-likeness (QED) is 0.401. The molecule has 0 saturated carbocycles. The van der Waals surface area contributed by atoms with Crippen LogP contribution in [0.4, 0.5) is 0 Å². The molecule has 2 nitrogen and oxygen atoms in total. The van der Waals surface area contributed by atoms with Crippen LogP contribution in [0, 0.1) is 0 Å². The van der Waals surface area contributed by atoms with Gasteiger partial charge in [0.2, 0.25) is 0 Å². The van der Waals surface area contributed by atoms with E-state index in [-0.39, 0.29) is 0 Å². The Hall–Kier alpha value is -0.0800. The lowest BCUT2D eigenvalue weighted by molar-refractivity contribution is 0.535. The second-order valence-corrected chi connectivity index (χ2v) is 5.78. The lowest BCUT2D eigenvalue weighted by atomic mass is 10.1. The van der Waals surface area contributed by atoms with E-state index in [0.29, 0.717) is 0 Å². The number of rotatable bonds is 16. The normalized spacial score (nSPS) is 11.1. The molecule has 0 saturated heterocycles. The van der Waals surface area contributed by atoms with E-state index in [9.17, 15) is 0 Å². The van der Waals surface area contributed by atoms with Gasteiger partial charge < -0.3 is 11.1 Å². The topological polar surface area (TPSA) is 38.0 Å². The van der Waals surface area contributed by atoms with Gasteiger partial charge >= 0.3 is 0 Å².